The van der Waals surface area contributed by atoms with Gasteiger partial charge in [0.15, 0.2) is 11.6 Å². The van der Waals surface area contributed by atoms with Gasteiger partial charge < -0.3 is 0 Å². The van der Waals surface area contributed by atoms with Gasteiger partial charge in [-0.3, -0.25) is 9.59 Å². The van der Waals surface area contributed by atoms with E-state index in [9.17, 15) is 18.0 Å². The van der Waals surface area contributed by atoms with Crippen LogP contribution in [0, 0.1) is 20.8 Å². The van der Waals surface area contributed by atoms with Gasteiger partial charge in [0.25, 0.3) is 0 Å². The van der Waals surface area contributed by atoms with Gasteiger partial charge in [0, 0.05) is 18.2 Å². The van der Waals surface area contributed by atoms with E-state index in [2.05, 4.69) is 0 Å². The summed E-state index contributed by atoms with van der Waals surface area (Å²) in [5.74, 6) is -1.19. The van der Waals surface area contributed by atoms with Crippen molar-refractivity contribution in [3.05, 3.63) is 64.0 Å². The fourth-order valence-corrected chi connectivity index (χ4v) is 4.53. The molecule has 1 aromatic heterocycles. The van der Waals surface area contributed by atoms with Crippen molar-refractivity contribution >= 4 is 27.7 Å². The molecular weight excluding hydrogens is 350 g/mol. The molecule has 0 spiro atoms. The van der Waals surface area contributed by atoms with Gasteiger partial charge >= 0.3 is 0 Å². The Bertz CT molecular complexity index is 1030. The molecule has 1 heterocycles. The van der Waals surface area contributed by atoms with Crippen LogP contribution in [0.3, 0.4) is 0 Å². The lowest BCUT2D eigenvalue weighted by atomic mass is 9.87. The van der Waals surface area contributed by atoms with Gasteiger partial charge in [-0.15, -0.1) is 0 Å². The van der Waals surface area contributed by atoms with Gasteiger partial charge in [0.2, 0.25) is 10.0 Å². The molecule has 5 nitrogen and oxygen atoms in total. The second-order valence-electron chi connectivity index (χ2n) is 6.91. The van der Waals surface area contributed by atoms with Gasteiger partial charge in [-0.2, -0.15) is 0 Å². The predicted octanol–water partition coefficient (Wildman–Crippen LogP) is 2.93. The second kappa shape index (κ2) is 6.36. The Morgan fingerprint density at radius 3 is 2.31 bits per heavy atom. The third-order valence-corrected chi connectivity index (χ3v) is 5.76. The molecule has 1 aliphatic rings. The van der Waals surface area contributed by atoms with Crippen LogP contribution in [0.5, 0.6) is 0 Å². The van der Waals surface area contributed by atoms with E-state index in [0.717, 1.165) is 32.5 Å². The summed E-state index contributed by atoms with van der Waals surface area (Å²) < 4.78 is 24.8. The molecule has 6 heteroatoms. The summed E-state index contributed by atoms with van der Waals surface area (Å²) in [6.07, 6.45) is 4.05. The summed E-state index contributed by atoms with van der Waals surface area (Å²) in [4.78, 5) is 25.6. The Morgan fingerprint density at radius 2 is 1.73 bits per heavy atom. The van der Waals surface area contributed by atoms with Crippen LogP contribution in [-0.2, 0) is 19.6 Å². The highest BCUT2D eigenvalue weighted by molar-refractivity contribution is 7.89. The molecule has 1 unspecified atom stereocenters. The van der Waals surface area contributed by atoms with E-state index in [1.54, 1.807) is 12.1 Å². The number of carbonyl (C=O) groups is 2. The summed E-state index contributed by atoms with van der Waals surface area (Å²) in [7, 11) is -3.47. The van der Waals surface area contributed by atoms with Crippen molar-refractivity contribution in [3.8, 4) is 0 Å². The molecule has 1 atom stereocenters. The maximum atomic E-state index is 12.9. The van der Waals surface area contributed by atoms with Crippen molar-refractivity contribution in [1.82, 2.24) is 3.97 Å². The predicted molar refractivity (Wildman–Crippen MR) is 101 cm³/mol. The standard InChI is InChI=1S/C20H21NO4S/c1-12-8-13(2)18(14(3)9-12)19-17(22)11-15(20(19)23)10-16-6-5-7-21(16)26(4,24)25/h5-10,19H,11H2,1-4H3/b15-10+. The summed E-state index contributed by atoms with van der Waals surface area (Å²) in [5, 5.41) is 0. The average Bonchev–Trinajstić information content (AvgIpc) is 3.06. The van der Waals surface area contributed by atoms with Crippen LogP contribution in [0.15, 0.2) is 36.0 Å². The molecule has 136 valence electrons. The molecule has 1 saturated carbocycles. The number of benzene rings is 1. The summed E-state index contributed by atoms with van der Waals surface area (Å²) >= 11 is 0. The number of nitrogens with zero attached hydrogens (tertiary/aromatic N) is 1. The lowest BCUT2D eigenvalue weighted by Crippen LogP contribution is -2.15. The minimum Gasteiger partial charge on any atom is -0.298 e. The molecule has 1 fully saturated rings. The highest BCUT2D eigenvalue weighted by Crippen LogP contribution is 2.36. The Kier molecular flexibility index (Phi) is 4.48. The molecule has 26 heavy (non-hydrogen) atoms. The van der Waals surface area contributed by atoms with Crippen LogP contribution in [0.2, 0.25) is 0 Å². The molecule has 0 N–H and O–H groups in total. The number of ketones is 2. The van der Waals surface area contributed by atoms with Crippen LogP contribution in [0.4, 0.5) is 0 Å². The van der Waals surface area contributed by atoms with Crippen molar-refractivity contribution in [2.75, 3.05) is 6.26 Å². The third kappa shape index (κ3) is 3.17. The van der Waals surface area contributed by atoms with Crippen molar-refractivity contribution in [2.24, 2.45) is 0 Å². The number of Topliss-reactive ketones (excluding diaryl/α,β-unsaturated/α-hetero) is 2. The second-order valence-corrected chi connectivity index (χ2v) is 8.77. The van der Waals surface area contributed by atoms with E-state index < -0.39 is 15.9 Å². The molecule has 3 rings (SSSR count). The maximum Gasteiger partial charge on any atom is 0.236 e. The molecule has 0 bridgehead atoms. The van der Waals surface area contributed by atoms with E-state index in [4.69, 9.17) is 0 Å². The van der Waals surface area contributed by atoms with Gasteiger partial charge in [-0.05, 0) is 55.7 Å². The van der Waals surface area contributed by atoms with E-state index in [0.29, 0.717) is 11.3 Å². The first-order valence-electron chi connectivity index (χ1n) is 8.32. The number of aryl methyl sites for hydroxylation is 3. The van der Waals surface area contributed by atoms with E-state index in [-0.39, 0.29) is 18.0 Å². The molecule has 2 aromatic rings. The number of rotatable bonds is 3. The highest BCUT2D eigenvalue weighted by atomic mass is 32.2. The summed E-state index contributed by atoms with van der Waals surface area (Å²) in [6.45, 7) is 5.80. The Balaban J connectivity index is 2.05. The minimum absolute atomic E-state index is 0.0190. The summed E-state index contributed by atoms with van der Waals surface area (Å²) in [5.41, 5.74) is 4.44. The number of carbonyl (C=O) groups excluding carboxylic acids is 2. The van der Waals surface area contributed by atoms with Gasteiger partial charge in [-0.25, -0.2) is 12.4 Å². The topological polar surface area (TPSA) is 73.2 Å². The first kappa shape index (κ1) is 18.3. The number of hydrogen-bond donors (Lipinski definition) is 0. The largest absolute Gasteiger partial charge is 0.298 e. The normalized spacial score (nSPS) is 19.5. The van der Waals surface area contributed by atoms with Crippen LogP contribution in [-0.4, -0.2) is 30.2 Å². The van der Waals surface area contributed by atoms with E-state index >= 15 is 0 Å². The third-order valence-electron chi connectivity index (χ3n) is 4.71. The molecule has 1 aliphatic carbocycles. The molecule has 0 saturated heterocycles. The zero-order valence-electron chi connectivity index (χ0n) is 15.2. The number of aromatic nitrogens is 1. The Hall–Kier alpha value is -2.47. The van der Waals surface area contributed by atoms with Gasteiger partial charge in [0.05, 0.1) is 11.9 Å². The van der Waals surface area contributed by atoms with Gasteiger partial charge in [0.1, 0.15) is 5.92 Å². The molecule has 0 radical (unpaired) electrons. The number of hydrogen-bond acceptors (Lipinski definition) is 4. The van der Waals surface area contributed by atoms with E-state index in [1.165, 1.54) is 12.3 Å². The van der Waals surface area contributed by atoms with Gasteiger partial charge in [-0.1, -0.05) is 17.7 Å². The average molecular weight is 371 g/mol. The summed E-state index contributed by atoms with van der Waals surface area (Å²) in [6, 6.07) is 7.15. The zero-order valence-corrected chi connectivity index (χ0v) is 16.1. The van der Waals surface area contributed by atoms with Crippen molar-refractivity contribution in [3.63, 3.8) is 0 Å². The van der Waals surface area contributed by atoms with Crippen LogP contribution >= 0.6 is 0 Å². The smallest absolute Gasteiger partial charge is 0.236 e. The highest BCUT2D eigenvalue weighted by Gasteiger charge is 2.39. The van der Waals surface area contributed by atoms with Crippen LogP contribution < -0.4 is 0 Å². The first-order chi connectivity index (χ1) is 12.1. The zero-order chi connectivity index (χ0) is 19.2. The monoisotopic (exact) mass is 371 g/mol. The lowest BCUT2D eigenvalue weighted by molar-refractivity contribution is -0.123. The quantitative estimate of drug-likeness (QED) is 0.614. The SMILES string of the molecule is Cc1cc(C)c(C2C(=O)C/C(=C\c3cccn3S(C)(=O)=O)C2=O)c(C)c1. The fourth-order valence-electron chi connectivity index (χ4n) is 3.74. The van der Waals surface area contributed by atoms with Crippen molar-refractivity contribution in [1.29, 1.82) is 0 Å². The lowest BCUT2D eigenvalue weighted by Gasteiger charge is -2.15. The number of allylic oxidation sites excluding steroid dienone is 1. The first-order valence-corrected chi connectivity index (χ1v) is 10.2. The van der Waals surface area contributed by atoms with Crippen molar-refractivity contribution in [2.45, 2.75) is 33.1 Å². The van der Waals surface area contributed by atoms with Crippen molar-refractivity contribution < 1.29 is 18.0 Å². The van der Waals surface area contributed by atoms with E-state index in [1.807, 2.05) is 32.9 Å². The van der Waals surface area contributed by atoms with Crippen LogP contribution in [0.25, 0.3) is 6.08 Å². The fraction of sp³-hybridized carbons (Fsp3) is 0.300. The minimum atomic E-state index is -3.47. The maximum absolute atomic E-state index is 12.9. The molecular formula is C20H21NO4S. The molecule has 1 aromatic carbocycles. The Morgan fingerprint density at radius 1 is 1.12 bits per heavy atom. The Labute approximate surface area is 153 Å². The molecule has 0 amide bonds. The van der Waals surface area contributed by atoms with Crippen LogP contribution in [0.1, 0.15) is 40.3 Å². The molecule has 0 aliphatic heterocycles.